The molecule has 0 N–H and O–H groups in total. The monoisotopic (exact) mass is 190 g/mol. The summed E-state index contributed by atoms with van der Waals surface area (Å²) in [5.41, 5.74) is 0.738. The third-order valence-corrected chi connectivity index (χ3v) is 1.39. The minimum atomic E-state index is 0.0376. The Labute approximate surface area is 86.4 Å². The number of rotatable bonds is 1. The smallest absolute Gasteiger partial charge is 0.250 e. The second kappa shape index (κ2) is 6.59. The largest absolute Gasteiger partial charge is 0.318 e. The Hall–Kier alpha value is -0.908. The molecule has 0 fully saturated rings. The number of Topliss-reactive ketones (excluding diaryl/α,β-unsaturated/α-hetero) is 1. The van der Waals surface area contributed by atoms with E-state index in [4.69, 9.17) is 0 Å². The van der Waals surface area contributed by atoms with Gasteiger partial charge in [0.15, 0.2) is 0 Å². The number of hydrogen-bond donors (Lipinski definition) is 0. The molecule has 3 heteroatoms. The summed E-state index contributed by atoms with van der Waals surface area (Å²) in [5, 5.41) is 0. The van der Waals surface area contributed by atoms with Gasteiger partial charge in [-0.25, -0.2) is 0 Å². The molecule has 66 valence electrons. The molecular formula is C10H11AlO2. The summed E-state index contributed by atoms with van der Waals surface area (Å²) in [6.45, 7) is 3.06. The minimum absolute atomic E-state index is 0.0376. The molecule has 0 saturated carbocycles. The molecule has 0 aliphatic rings. The lowest BCUT2D eigenvalue weighted by molar-refractivity contribution is -0.114. The molecule has 0 amide bonds. The Morgan fingerprint density at radius 3 is 1.69 bits per heavy atom. The molecule has 0 aromatic heterocycles. The van der Waals surface area contributed by atoms with Crippen molar-refractivity contribution in [3.63, 3.8) is 0 Å². The molecule has 2 radical (unpaired) electrons. The summed E-state index contributed by atoms with van der Waals surface area (Å²) in [6.07, 6.45) is 0. The second-order valence-corrected chi connectivity index (χ2v) is 3.16. The fraction of sp³-hybridized carbons (Fsp3) is 0.200. The number of benzene rings is 1. The summed E-state index contributed by atoms with van der Waals surface area (Å²) in [6, 6.07) is 9.15. The number of carbonyl (C=O) groups is 2. The topological polar surface area (TPSA) is 34.1 Å². The van der Waals surface area contributed by atoms with Gasteiger partial charge in [-0.15, -0.1) is 0 Å². The minimum Gasteiger partial charge on any atom is -0.318 e. The molecular weight excluding hydrogens is 179 g/mol. The van der Waals surface area contributed by atoms with E-state index in [1.807, 2.05) is 18.2 Å². The van der Waals surface area contributed by atoms with E-state index in [2.05, 4.69) is 16.3 Å². The number of carbonyl (C=O) groups excluding carboxylic acids is 2. The van der Waals surface area contributed by atoms with E-state index in [1.54, 1.807) is 12.1 Å². The van der Waals surface area contributed by atoms with Crippen molar-refractivity contribution >= 4 is 26.7 Å². The molecule has 0 spiro atoms. The van der Waals surface area contributed by atoms with Crippen LogP contribution in [0.1, 0.15) is 24.2 Å². The van der Waals surface area contributed by atoms with E-state index < -0.39 is 0 Å². The van der Waals surface area contributed by atoms with Gasteiger partial charge >= 0.3 is 0 Å². The van der Waals surface area contributed by atoms with Crippen LogP contribution in [0.15, 0.2) is 30.3 Å². The van der Waals surface area contributed by atoms with Crippen molar-refractivity contribution in [3.8, 4) is 0 Å². The highest BCUT2D eigenvalue weighted by Gasteiger charge is 1.91. The lowest BCUT2D eigenvalue weighted by Gasteiger charge is -1.91. The van der Waals surface area contributed by atoms with Crippen LogP contribution >= 0.6 is 0 Å². The van der Waals surface area contributed by atoms with E-state index in [0.717, 1.165) is 5.56 Å². The molecule has 1 rings (SSSR count). The number of hydrogen-bond acceptors (Lipinski definition) is 2. The molecule has 0 aliphatic carbocycles. The first kappa shape index (κ1) is 12.1. The lowest BCUT2D eigenvalue weighted by Crippen LogP contribution is -1.94. The zero-order valence-corrected chi connectivity index (χ0v) is 8.94. The SMILES string of the molecule is CC(C)=O.O=[C]([Al])c1ccccc1. The van der Waals surface area contributed by atoms with Crippen molar-refractivity contribution in [1.29, 1.82) is 0 Å². The first-order valence-electron chi connectivity index (χ1n) is 3.86. The molecule has 0 atom stereocenters. The van der Waals surface area contributed by atoms with Gasteiger partial charge in [0.05, 0.1) is 4.65 Å². The molecule has 1 aromatic carbocycles. The highest BCUT2D eigenvalue weighted by molar-refractivity contribution is 6.62. The van der Waals surface area contributed by atoms with E-state index in [9.17, 15) is 9.59 Å². The van der Waals surface area contributed by atoms with Crippen LogP contribution in [-0.4, -0.2) is 26.7 Å². The van der Waals surface area contributed by atoms with Gasteiger partial charge < -0.3 is 9.59 Å². The van der Waals surface area contributed by atoms with Gasteiger partial charge in [0, 0.05) is 0 Å². The molecule has 13 heavy (non-hydrogen) atoms. The Balaban J connectivity index is 0.000000310. The van der Waals surface area contributed by atoms with Crippen LogP contribution in [0, 0.1) is 0 Å². The van der Waals surface area contributed by atoms with Crippen molar-refractivity contribution < 1.29 is 9.59 Å². The quantitative estimate of drug-likeness (QED) is 0.630. The highest BCUT2D eigenvalue weighted by atomic mass is 27.0. The first-order valence-corrected chi connectivity index (χ1v) is 4.43. The van der Waals surface area contributed by atoms with Crippen molar-refractivity contribution in [1.82, 2.24) is 0 Å². The van der Waals surface area contributed by atoms with E-state index in [1.165, 1.54) is 13.8 Å². The maximum atomic E-state index is 10.6. The van der Waals surface area contributed by atoms with Gasteiger partial charge in [0.25, 0.3) is 16.3 Å². The Morgan fingerprint density at radius 1 is 1.08 bits per heavy atom. The predicted octanol–water partition coefficient (Wildman–Crippen LogP) is 1.59. The van der Waals surface area contributed by atoms with E-state index in [0.29, 0.717) is 0 Å². The average Bonchev–Trinajstić information content (AvgIpc) is 2.05. The summed E-state index contributed by atoms with van der Waals surface area (Å²) >= 11 is 2.13. The second-order valence-electron chi connectivity index (χ2n) is 2.64. The Kier molecular flexibility index (Phi) is 6.13. The van der Waals surface area contributed by atoms with Crippen LogP contribution in [0.2, 0.25) is 0 Å². The van der Waals surface area contributed by atoms with Crippen molar-refractivity contribution in [2.24, 2.45) is 0 Å². The van der Waals surface area contributed by atoms with Crippen molar-refractivity contribution in [2.45, 2.75) is 13.8 Å². The van der Waals surface area contributed by atoms with Crippen LogP contribution < -0.4 is 0 Å². The van der Waals surface area contributed by atoms with Crippen LogP contribution in [-0.2, 0) is 4.79 Å². The lowest BCUT2D eigenvalue weighted by atomic mass is 10.2. The predicted molar refractivity (Wildman–Crippen MR) is 52.9 cm³/mol. The van der Waals surface area contributed by atoms with Gasteiger partial charge in [-0.1, -0.05) is 30.3 Å². The normalized spacial score (nSPS) is 8.15. The third-order valence-electron chi connectivity index (χ3n) is 1.06. The van der Waals surface area contributed by atoms with Crippen molar-refractivity contribution in [3.05, 3.63) is 35.9 Å². The first-order chi connectivity index (χ1) is 6.04. The zero-order valence-electron chi connectivity index (χ0n) is 7.78. The standard InChI is InChI=1S/C7H5O.C3H6O.Al/c8-6-7-4-2-1-3-5-7;1-3(2)4;/h1-5H;1-2H3;. The van der Waals surface area contributed by atoms with Gasteiger partial charge in [0.1, 0.15) is 5.78 Å². The molecule has 0 aliphatic heterocycles. The van der Waals surface area contributed by atoms with E-state index in [-0.39, 0.29) is 10.4 Å². The van der Waals surface area contributed by atoms with Crippen molar-refractivity contribution in [2.75, 3.05) is 0 Å². The zero-order chi connectivity index (χ0) is 10.3. The number of ketones is 1. The van der Waals surface area contributed by atoms with Crippen LogP contribution in [0.4, 0.5) is 0 Å². The molecule has 0 unspecified atom stereocenters. The fourth-order valence-electron chi connectivity index (χ4n) is 0.602. The average molecular weight is 190 g/mol. The van der Waals surface area contributed by atoms with Crippen LogP contribution in [0.5, 0.6) is 0 Å². The Bertz CT molecular complexity index is 276. The summed E-state index contributed by atoms with van der Waals surface area (Å²) < 4.78 is 0.0376. The molecule has 0 bridgehead atoms. The summed E-state index contributed by atoms with van der Waals surface area (Å²) in [5.74, 6) is 0.167. The third kappa shape index (κ3) is 7.45. The highest BCUT2D eigenvalue weighted by Crippen LogP contribution is 1.95. The fourth-order valence-corrected chi connectivity index (χ4v) is 0.795. The van der Waals surface area contributed by atoms with Crippen LogP contribution in [0.3, 0.4) is 0 Å². The van der Waals surface area contributed by atoms with Gasteiger partial charge in [-0.3, -0.25) is 0 Å². The van der Waals surface area contributed by atoms with Gasteiger partial charge in [0.2, 0.25) is 0 Å². The maximum absolute atomic E-state index is 10.6. The maximum Gasteiger partial charge on any atom is 0.250 e. The molecule has 2 nitrogen and oxygen atoms in total. The molecule has 1 aromatic rings. The van der Waals surface area contributed by atoms with Gasteiger partial charge in [-0.2, -0.15) is 0 Å². The summed E-state index contributed by atoms with van der Waals surface area (Å²) in [7, 11) is 0. The Morgan fingerprint density at radius 2 is 1.46 bits per heavy atom. The summed E-state index contributed by atoms with van der Waals surface area (Å²) in [4.78, 5) is 20.1. The van der Waals surface area contributed by atoms with E-state index >= 15 is 0 Å². The molecule has 0 saturated heterocycles. The molecule has 0 heterocycles. The van der Waals surface area contributed by atoms with Gasteiger partial charge in [-0.05, 0) is 19.4 Å². The van der Waals surface area contributed by atoms with Crippen LogP contribution in [0.25, 0.3) is 0 Å².